The standard InChI is InChI=1S/C11H16N4O/c12-10-7-13-9(6-14-10)8-15-5-3-1-2-4-11(15)16/h6-7H,1-5,8H2,(H2,12,14). The van der Waals surface area contributed by atoms with E-state index in [0.717, 1.165) is 31.5 Å². The Morgan fingerprint density at radius 3 is 2.88 bits per heavy atom. The molecule has 0 saturated carbocycles. The van der Waals surface area contributed by atoms with Gasteiger partial charge in [-0.25, -0.2) is 4.98 Å². The van der Waals surface area contributed by atoms with Crippen LogP contribution in [0.1, 0.15) is 31.4 Å². The number of nitrogens with two attached hydrogens (primary N) is 1. The first-order valence-electron chi connectivity index (χ1n) is 5.60. The van der Waals surface area contributed by atoms with E-state index in [2.05, 4.69) is 9.97 Å². The monoisotopic (exact) mass is 220 g/mol. The van der Waals surface area contributed by atoms with Crippen LogP contribution in [0, 0.1) is 0 Å². The predicted octanol–water partition coefficient (Wildman–Crippen LogP) is 0.961. The first kappa shape index (κ1) is 10.9. The molecule has 0 spiro atoms. The maximum Gasteiger partial charge on any atom is 0.222 e. The first-order chi connectivity index (χ1) is 7.75. The molecule has 0 atom stereocenters. The summed E-state index contributed by atoms with van der Waals surface area (Å²) in [6.07, 6.45) is 7.03. The van der Waals surface area contributed by atoms with Gasteiger partial charge in [-0.2, -0.15) is 0 Å². The molecule has 16 heavy (non-hydrogen) atoms. The van der Waals surface area contributed by atoms with Crippen molar-refractivity contribution in [3.63, 3.8) is 0 Å². The summed E-state index contributed by atoms with van der Waals surface area (Å²) in [5, 5.41) is 0. The van der Waals surface area contributed by atoms with Gasteiger partial charge in [-0.05, 0) is 12.8 Å². The van der Waals surface area contributed by atoms with Crippen LogP contribution in [-0.4, -0.2) is 27.3 Å². The van der Waals surface area contributed by atoms with Crippen molar-refractivity contribution in [2.75, 3.05) is 12.3 Å². The Balaban J connectivity index is 2.02. The second-order valence-electron chi connectivity index (χ2n) is 4.06. The largest absolute Gasteiger partial charge is 0.382 e. The van der Waals surface area contributed by atoms with E-state index in [-0.39, 0.29) is 5.91 Å². The average Bonchev–Trinajstić information content (AvgIpc) is 2.48. The number of hydrogen-bond donors (Lipinski definition) is 1. The summed E-state index contributed by atoms with van der Waals surface area (Å²) in [5.41, 5.74) is 6.25. The highest BCUT2D eigenvalue weighted by Gasteiger charge is 2.16. The van der Waals surface area contributed by atoms with Crippen LogP contribution in [0.5, 0.6) is 0 Å². The van der Waals surface area contributed by atoms with E-state index in [1.807, 2.05) is 4.90 Å². The molecule has 0 radical (unpaired) electrons. The molecule has 1 fully saturated rings. The zero-order chi connectivity index (χ0) is 11.4. The normalized spacial score (nSPS) is 17.2. The molecule has 1 aliphatic heterocycles. The smallest absolute Gasteiger partial charge is 0.222 e. The molecule has 0 unspecified atom stereocenters. The van der Waals surface area contributed by atoms with Gasteiger partial charge in [-0.1, -0.05) is 6.42 Å². The van der Waals surface area contributed by atoms with Gasteiger partial charge in [0.15, 0.2) is 0 Å². The van der Waals surface area contributed by atoms with Crippen molar-refractivity contribution >= 4 is 11.7 Å². The second kappa shape index (κ2) is 4.92. The Kier molecular flexibility index (Phi) is 3.34. The lowest BCUT2D eigenvalue weighted by atomic mass is 10.2. The van der Waals surface area contributed by atoms with Crippen LogP contribution in [0.15, 0.2) is 12.4 Å². The maximum absolute atomic E-state index is 11.7. The summed E-state index contributed by atoms with van der Waals surface area (Å²) >= 11 is 0. The van der Waals surface area contributed by atoms with Crippen LogP contribution in [0.2, 0.25) is 0 Å². The Morgan fingerprint density at radius 1 is 1.25 bits per heavy atom. The summed E-state index contributed by atoms with van der Waals surface area (Å²) in [4.78, 5) is 21.7. The molecule has 1 aromatic rings. The molecule has 5 heteroatoms. The van der Waals surface area contributed by atoms with E-state index in [0.29, 0.717) is 18.8 Å². The van der Waals surface area contributed by atoms with E-state index >= 15 is 0 Å². The van der Waals surface area contributed by atoms with Crippen LogP contribution in [0.3, 0.4) is 0 Å². The summed E-state index contributed by atoms with van der Waals surface area (Å²) < 4.78 is 0. The minimum Gasteiger partial charge on any atom is -0.382 e. The van der Waals surface area contributed by atoms with Gasteiger partial charge in [-0.3, -0.25) is 9.78 Å². The van der Waals surface area contributed by atoms with Gasteiger partial charge in [-0.15, -0.1) is 0 Å². The molecule has 5 nitrogen and oxygen atoms in total. The predicted molar refractivity (Wildman–Crippen MR) is 60.3 cm³/mol. The third-order valence-corrected chi connectivity index (χ3v) is 2.75. The molecule has 1 amide bonds. The van der Waals surface area contributed by atoms with Crippen molar-refractivity contribution in [3.8, 4) is 0 Å². The molecule has 1 aliphatic rings. The number of rotatable bonds is 2. The fraction of sp³-hybridized carbons (Fsp3) is 0.545. The highest BCUT2D eigenvalue weighted by atomic mass is 16.2. The van der Waals surface area contributed by atoms with Crippen molar-refractivity contribution < 1.29 is 4.79 Å². The van der Waals surface area contributed by atoms with E-state index in [9.17, 15) is 4.79 Å². The SMILES string of the molecule is Nc1cnc(CN2CCCCCC2=O)cn1. The van der Waals surface area contributed by atoms with Crippen molar-refractivity contribution in [1.29, 1.82) is 0 Å². The number of likely N-dealkylation sites (tertiary alicyclic amines) is 1. The van der Waals surface area contributed by atoms with Gasteiger partial charge in [0.25, 0.3) is 0 Å². The van der Waals surface area contributed by atoms with Crippen molar-refractivity contribution in [2.45, 2.75) is 32.2 Å². The molecule has 0 bridgehead atoms. The maximum atomic E-state index is 11.7. The zero-order valence-corrected chi connectivity index (χ0v) is 9.22. The molecule has 1 aromatic heterocycles. The van der Waals surface area contributed by atoms with Crippen LogP contribution < -0.4 is 5.73 Å². The molecule has 2 N–H and O–H groups in total. The molecule has 1 saturated heterocycles. The Labute approximate surface area is 94.7 Å². The molecule has 0 aliphatic carbocycles. The average molecular weight is 220 g/mol. The number of nitrogens with zero attached hydrogens (tertiary/aromatic N) is 3. The minimum absolute atomic E-state index is 0.219. The highest BCUT2D eigenvalue weighted by Crippen LogP contribution is 2.13. The Hall–Kier alpha value is -1.65. The van der Waals surface area contributed by atoms with Gasteiger partial charge in [0.05, 0.1) is 24.6 Å². The minimum atomic E-state index is 0.219. The topological polar surface area (TPSA) is 72.1 Å². The fourth-order valence-corrected chi connectivity index (χ4v) is 1.85. The zero-order valence-electron chi connectivity index (χ0n) is 9.22. The van der Waals surface area contributed by atoms with Crippen LogP contribution in [-0.2, 0) is 11.3 Å². The Morgan fingerprint density at radius 2 is 2.12 bits per heavy atom. The lowest BCUT2D eigenvalue weighted by Crippen LogP contribution is -2.30. The van der Waals surface area contributed by atoms with Crippen LogP contribution >= 0.6 is 0 Å². The third kappa shape index (κ3) is 2.68. The molecule has 0 aromatic carbocycles. The van der Waals surface area contributed by atoms with Crippen molar-refractivity contribution in [2.24, 2.45) is 0 Å². The van der Waals surface area contributed by atoms with E-state index in [4.69, 9.17) is 5.73 Å². The first-order valence-corrected chi connectivity index (χ1v) is 5.60. The third-order valence-electron chi connectivity index (χ3n) is 2.75. The van der Waals surface area contributed by atoms with Gasteiger partial charge < -0.3 is 10.6 Å². The van der Waals surface area contributed by atoms with Crippen molar-refractivity contribution in [3.05, 3.63) is 18.1 Å². The van der Waals surface area contributed by atoms with Gasteiger partial charge in [0.1, 0.15) is 5.82 Å². The van der Waals surface area contributed by atoms with E-state index in [1.54, 1.807) is 6.20 Å². The number of aromatic nitrogens is 2. The second-order valence-corrected chi connectivity index (χ2v) is 4.06. The van der Waals surface area contributed by atoms with E-state index in [1.165, 1.54) is 6.20 Å². The molecule has 2 heterocycles. The number of nitrogen functional groups attached to an aromatic ring is 1. The molecular formula is C11H16N4O. The summed E-state index contributed by atoms with van der Waals surface area (Å²) in [6.45, 7) is 1.37. The molecular weight excluding hydrogens is 204 g/mol. The van der Waals surface area contributed by atoms with Crippen molar-refractivity contribution in [1.82, 2.24) is 14.9 Å². The lowest BCUT2D eigenvalue weighted by Gasteiger charge is -2.19. The lowest BCUT2D eigenvalue weighted by molar-refractivity contribution is -0.131. The summed E-state index contributed by atoms with van der Waals surface area (Å²) in [6, 6.07) is 0. The van der Waals surface area contributed by atoms with Gasteiger partial charge >= 0.3 is 0 Å². The van der Waals surface area contributed by atoms with Crippen LogP contribution in [0.4, 0.5) is 5.82 Å². The number of amides is 1. The highest BCUT2D eigenvalue weighted by molar-refractivity contribution is 5.76. The molecule has 86 valence electrons. The van der Waals surface area contributed by atoms with Gasteiger partial charge in [0.2, 0.25) is 5.91 Å². The number of hydrogen-bond acceptors (Lipinski definition) is 4. The molecule has 2 rings (SSSR count). The number of anilines is 1. The van der Waals surface area contributed by atoms with Crippen LogP contribution in [0.25, 0.3) is 0 Å². The Bertz CT molecular complexity index is 363. The number of carbonyl (C=O) groups excluding carboxylic acids is 1. The summed E-state index contributed by atoms with van der Waals surface area (Å²) in [7, 11) is 0. The quantitative estimate of drug-likeness (QED) is 0.805. The fourth-order valence-electron chi connectivity index (χ4n) is 1.85. The van der Waals surface area contributed by atoms with E-state index < -0.39 is 0 Å². The summed E-state index contributed by atoms with van der Waals surface area (Å²) in [5.74, 6) is 0.627. The van der Waals surface area contributed by atoms with Gasteiger partial charge in [0, 0.05) is 13.0 Å². The number of carbonyl (C=O) groups is 1.